The van der Waals surface area contributed by atoms with Crippen LogP contribution in [0.3, 0.4) is 0 Å². The average molecular weight is 323 g/mol. The van der Waals surface area contributed by atoms with Gasteiger partial charge in [0.05, 0.1) is 12.2 Å². The lowest BCUT2D eigenvalue weighted by atomic mass is 10.2. The second-order valence-electron chi connectivity index (χ2n) is 4.23. The molecule has 0 saturated carbocycles. The molecule has 0 aromatic heterocycles. The van der Waals surface area contributed by atoms with E-state index in [-0.39, 0.29) is 24.6 Å². The van der Waals surface area contributed by atoms with Crippen LogP contribution in [0.1, 0.15) is 19.8 Å². The zero-order chi connectivity index (χ0) is 15.1. The third-order valence-electron chi connectivity index (χ3n) is 2.59. The van der Waals surface area contributed by atoms with Crippen molar-refractivity contribution in [1.82, 2.24) is 5.32 Å². The smallest absolute Gasteiger partial charge is 0.320 e. The SMILES string of the molecule is CCCC(NCC(=O)Nc1ccc(F)cc1F)C(=O)O.Cl. The third kappa shape index (κ3) is 6.50. The number of halogens is 3. The molecule has 0 spiro atoms. The predicted molar refractivity (Wildman–Crippen MR) is 76.6 cm³/mol. The van der Waals surface area contributed by atoms with Crippen LogP contribution in [0.15, 0.2) is 18.2 Å². The minimum Gasteiger partial charge on any atom is -0.480 e. The number of benzene rings is 1. The summed E-state index contributed by atoms with van der Waals surface area (Å²) in [6, 6.07) is 1.94. The number of amides is 1. The average Bonchev–Trinajstić information content (AvgIpc) is 2.37. The third-order valence-corrected chi connectivity index (χ3v) is 2.59. The van der Waals surface area contributed by atoms with Crippen molar-refractivity contribution >= 4 is 30.0 Å². The highest BCUT2D eigenvalue weighted by atomic mass is 35.5. The summed E-state index contributed by atoms with van der Waals surface area (Å²) in [4.78, 5) is 22.4. The highest BCUT2D eigenvalue weighted by Crippen LogP contribution is 2.14. The van der Waals surface area contributed by atoms with E-state index in [9.17, 15) is 18.4 Å². The Balaban J connectivity index is 0.00000400. The van der Waals surface area contributed by atoms with Crippen molar-refractivity contribution in [3.63, 3.8) is 0 Å². The van der Waals surface area contributed by atoms with Crippen LogP contribution in [-0.2, 0) is 9.59 Å². The number of carbonyl (C=O) groups excluding carboxylic acids is 1. The van der Waals surface area contributed by atoms with Crippen molar-refractivity contribution in [3.8, 4) is 0 Å². The molecule has 8 heteroatoms. The summed E-state index contributed by atoms with van der Waals surface area (Å²) in [5.74, 6) is -3.28. The van der Waals surface area contributed by atoms with Gasteiger partial charge in [0.2, 0.25) is 5.91 Å². The van der Waals surface area contributed by atoms with E-state index in [1.165, 1.54) is 0 Å². The lowest BCUT2D eigenvalue weighted by Crippen LogP contribution is -2.41. The fourth-order valence-electron chi connectivity index (χ4n) is 1.60. The molecule has 3 N–H and O–H groups in total. The van der Waals surface area contributed by atoms with Crippen LogP contribution in [0.2, 0.25) is 0 Å². The number of anilines is 1. The van der Waals surface area contributed by atoms with E-state index >= 15 is 0 Å². The molecule has 0 aliphatic heterocycles. The molecule has 0 bridgehead atoms. The van der Waals surface area contributed by atoms with Gasteiger partial charge in [0.1, 0.15) is 17.7 Å². The van der Waals surface area contributed by atoms with Gasteiger partial charge in [-0.2, -0.15) is 0 Å². The Morgan fingerprint density at radius 3 is 2.52 bits per heavy atom. The molecule has 1 atom stereocenters. The summed E-state index contributed by atoms with van der Waals surface area (Å²) < 4.78 is 26.0. The molecule has 0 fully saturated rings. The summed E-state index contributed by atoms with van der Waals surface area (Å²) in [5, 5.41) is 13.7. The van der Waals surface area contributed by atoms with Gasteiger partial charge in [0.15, 0.2) is 0 Å². The molecular formula is C13H17ClF2N2O3. The number of hydrogen-bond donors (Lipinski definition) is 3. The largest absolute Gasteiger partial charge is 0.480 e. The van der Waals surface area contributed by atoms with E-state index < -0.39 is 29.6 Å². The fourth-order valence-corrected chi connectivity index (χ4v) is 1.60. The van der Waals surface area contributed by atoms with E-state index in [1.807, 2.05) is 6.92 Å². The maximum atomic E-state index is 13.3. The standard InChI is InChI=1S/C13H16F2N2O3.ClH/c1-2-3-11(13(19)20)16-7-12(18)17-10-5-4-8(14)6-9(10)15;/h4-6,11,16H,2-3,7H2,1H3,(H,17,18)(H,19,20);1H. The van der Waals surface area contributed by atoms with E-state index in [4.69, 9.17) is 5.11 Å². The van der Waals surface area contributed by atoms with Gasteiger partial charge >= 0.3 is 5.97 Å². The summed E-state index contributed by atoms with van der Waals surface area (Å²) in [7, 11) is 0. The van der Waals surface area contributed by atoms with Gasteiger partial charge in [-0.1, -0.05) is 13.3 Å². The van der Waals surface area contributed by atoms with Gasteiger partial charge in [-0.25, -0.2) is 8.78 Å². The highest BCUT2D eigenvalue weighted by Gasteiger charge is 2.17. The monoisotopic (exact) mass is 322 g/mol. The van der Waals surface area contributed by atoms with Gasteiger partial charge in [-0.3, -0.25) is 14.9 Å². The normalized spacial score (nSPS) is 11.4. The summed E-state index contributed by atoms with van der Waals surface area (Å²) in [6.07, 6.45) is 1.03. The van der Waals surface area contributed by atoms with Crippen LogP contribution in [0.4, 0.5) is 14.5 Å². The molecule has 1 unspecified atom stereocenters. The van der Waals surface area contributed by atoms with E-state index in [2.05, 4.69) is 10.6 Å². The number of carbonyl (C=O) groups is 2. The lowest BCUT2D eigenvalue weighted by Gasteiger charge is -2.13. The van der Waals surface area contributed by atoms with Gasteiger partial charge in [0, 0.05) is 6.07 Å². The number of hydrogen-bond acceptors (Lipinski definition) is 3. The maximum Gasteiger partial charge on any atom is 0.320 e. The van der Waals surface area contributed by atoms with Gasteiger partial charge in [-0.15, -0.1) is 12.4 Å². The molecular weight excluding hydrogens is 306 g/mol. The summed E-state index contributed by atoms with van der Waals surface area (Å²) >= 11 is 0. The fraction of sp³-hybridized carbons (Fsp3) is 0.385. The quantitative estimate of drug-likeness (QED) is 0.719. The maximum absolute atomic E-state index is 13.3. The lowest BCUT2D eigenvalue weighted by molar-refractivity contribution is -0.139. The zero-order valence-corrected chi connectivity index (χ0v) is 12.2. The first-order chi connectivity index (χ1) is 9.43. The molecule has 0 radical (unpaired) electrons. The molecule has 5 nitrogen and oxygen atoms in total. The molecule has 1 aromatic carbocycles. The van der Waals surface area contributed by atoms with Gasteiger partial charge in [-0.05, 0) is 18.6 Å². The van der Waals surface area contributed by atoms with E-state index in [0.29, 0.717) is 18.9 Å². The first kappa shape index (κ1) is 19.3. The molecule has 1 amide bonds. The van der Waals surface area contributed by atoms with Crippen LogP contribution in [0.5, 0.6) is 0 Å². The van der Waals surface area contributed by atoms with Gasteiger partial charge in [0.25, 0.3) is 0 Å². The molecule has 0 saturated heterocycles. The van der Waals surface area contributed by atoms with Crippen molar-refractivity contribution in [3.05, 3.63) is 29.8 Å². The number of aliphatic carboxylic acids is 1. The molecule has 1 rings (SSSR count). The van der Waals surface area contributed by atoms with E-state index in [1.54, 1.807) is 0 Å². The Bertz CT molecular complexity index is 500. The number of rotatable bonds is 7. The topological polar surface area (TPSA) is 78.4 Å². The molecule has 0 heterocycles. The number of nitrogens with one attached hydrogen (secondary N) is 2. The van der Waals surface area contributed by atoms with E-state index in [0.717, 1.165) is 12.1 Å². The van der Waals surface area contributed by atoms with Crippen molar-refractivity contribution in [1.29, 1.82) is 0 Å². The second kappa shape index (κ2) is 9.25. The molecule has 0 aliphatic carbocycles. The molecule has 118 valence electrons. The van der Waals surface area contributed by atoms with Crippen molar-refractivity contribution < 1.29 is 23.5 Å². The van der Waals surface area contributed by atoms with Crippen LogP contribution in [0, 0.1) is 11.6 Å². The summed E-state index contributed by atoms with van der Waals surface area (Å²) in [5.41, 5.74) is -0.152. The first-order valence-corrected chi connectivity index (χ1v) is 6.15. The zero-order valence-electron chi connectivity index (χ0n) is 11.4. The van der Waals surface area contributed by atoms with Crippen molar-refractivity contribution in [2.24, 2.45) is 0 Å². The molecule has 21 heavy (non-hydrogen) atoms. The molecule has 1 aromatic rings. The Morgan fingerprint density at radius 2 is 2.00 bits per heavy atom. The van der Waals surface area contributed by atoms with Crippen LogP contribution in [0.25, 0.3) is 0 Å². The minimum atomic E-state index is -1.05. The predicted octanol–water partition coefficient (Wildman–Crippen LogP) is 2.17. The number of carboxylic acids is 1. The molecule has 0 aliphatic rings. The Labute approximate surface area is 127 Å². The second-order valence-corrected chi connectivity index (χ2v) is 4.23. The van der Waals surface area contributed by atoms with Crippen molar-refractivity contribution in [2.45, 2.75) is 25.8 Å². The van der Waals surface area contributed by atoms with Crippen LogP contribution in [-0.4, -0.2) is 29.6 Å². The van der Waals surface area contributed by atoms with Crippen LogP contribution < -0.4 is 10.6 Å². The highest BCUT2D eigenvalue weighted by molar-refractivity contribution is 5.92. The Morgan fingerprint density at radius 1 is 1.33 bits per heavy atom. The summed E-state index contributed by atoms with van der Waals surface area (Å²) in [6.45, 7) is 1.55. The minimum absolute atomic E-state index is 0. The Hall–Kier alpha value is -1.73. The Kier molecular flexibility index (Phi) is 8.49. The van der Waals surface area contributed by atoms with Gasteiger partial charge < -0.3 is 10.4 Å². The van der Waals surface area contributed by atoms with Crippen molar-refractivity contribution in [2.75, 3.05) is 11.9 Å². The first-order valence-electron chi connectivity index (χ1n) is 6.15. The number of carboxylic acid groups (broad SMARTS) is 1. The van der Waals surface area contributed by atoms with Crippen LogP contribution >= 0.6 is 12.4 Å².